The Kier molecular flexibility index (Phi) is 4.92. The van der Waals surface area contributed by atoms with E-state index in [0.29, 0.717) is 23.8 Å². The van der Waals surface area contributed by atoms with Crippen LogP contribution in [-0.4, -0.2) is 44.8 Å². The molecular weight excluding hydrogens is 332 g/mol. The van der Waals surface area contributed by atoms with Crippen LogP contribution in [0.15, 0.2) is 17.1 Å². The van der Waals surface area contributed by atoms with Crippen molar-refractivity contribution in [3.63, 3.8) is 0 Å². The van der Waals surface area contributed by atoms with Crippen LogP contribution in [-0.2, 0) is 17.8 Å². The number of hydrogen-bond donors (Lipinski definition) is 1. The summed E-state index contributed by atoms with van der Waals surface area (Å²) in [6.07, 6.45) is 5.43. The van der Waals surface area contributed by atoms with E-state index >= 15 is 0 Å². The largest absolute Gasteiger partial charge is 0.390 e. The third-order valence-corrected chi connectivity index (χ3v) is 5.18. The first kappa shape index (κ1) is 18.6. The highest BCUT2D eigenvalue weighted by Crippen LogP contribution is 2.39. The zero-order valence-corrected chi connectivity index (χ0v) is 16.0. The molecule has 0 saturated heterocycles. The minimum Gasteiger partial charge on any atom is -0.390 e. The van der Waals surface area contributed by atoms with Gasteiger partial charge in [-0.1, -0.05) is 6.92 Å². The maximum absolute atomic E-state index is 12.7. The van der Waals surface area contributed by atoms with Gasteiger partial charge in [-0.25, -0.2) is 4.68 Å². The maximum atomic E-state index is 12.7. The first-order valence-electron chi connectivity index (χ1n) is 9.23. The molecule has 26 heavy (non-hydrogen) atoms. The molecule has 0 aromatic carbocycles. The predicted molar refractivity (Wildman–Crippen MR) is 101 cm³/mol. The second kappa shape index (κ2) is 6.87. The molecule has 1 fully saturated rings. The number of carbonyl (C=O) groups is 1. The van der Waals surface area contributed by atoms with E-state index in [9.17, 15) is 14.7 Å². The summed E-state index contributed by atoms with van der Waals surface area (Å²) < 4.78 is 3.07. The lowest BCUT2D eigenvalue weighted by Crippen LogP contribution is -2.41. The standard InChI is InChI=1S/C19H28N4O3/c1-5-13-8-16-17(25)23(20-18(21(3)4)22(16)11-13)12-15(24)7-6-14-9-19(2,26)10-14/h8,11,14,26H,5-7,9-10,12H2,1-4H3/t14-,19+. The van der Waals surface area contributed by atoms with Gasteiger partial charge in [-0.3, -0.25) is 14.0 Å². The summed E-state index contributed by atoms with van der Waals surface area (Å²) >= 11 is 0. The average molecular weight is 360 g/mol. The number of hydrogen-bond acceptors (Lipinski definition) is 5. The van der Waals surface area contributed by atoms with Gasteiger partial charge in [0, 0.05) is 26.7 Å². The Bertz CT molecular complexity index is 871. The van der Waals surface area contributed by atoms with Crippen LogP contribution in [0.5, 0.6) is 0 Å². The number of rotatable bonds is 7. The molecule has 0 atom stereocenters. The quantitative estimate of drug-likeness (QED) is 0.812. The van der Waals surface area contributed by atoms with Crippen LogP contribution in [0.25, 0.3) is 5.52 Å². The van der Waals surface area contributed by atoms with Gasteiger partial charge in [0.15, 0.2) is 5.78 Å². The monoisotopic (exact) mass is 360 g/mol. The van der Waals surface area contributed by atoms with Crippen LogP contribution in [0.4, 0.5) is 5.95 Å². The Morgan fingerprint density at radius 1 is 1.42 bits per heavy atom. The minimum atomic E-state index is -0.566. The van der Waals surface area contributed by atoms with E-state index in [4.69, 9.17) is 0 Å². The summed E-state index contributed by atoms with van der Waals surface area (Å²) in [7, 11) is 3.74. The molecule has 2 aromatic rings. The van der Waals surface area contributed by atoms with Crippen LogP contribution in [0.3, 0.4) is 0 Å². The summed E-state index contributed by atoms with van der Waals surface area (Å²) in [4.78, 5) is 26.9. The van der Waals surface area contributed by atoms with E-state index in [0.717, 1.165) is 31.2 Å². The molecule has 1 aliphatic carbocycles. The molecule has 0 aliphatic heterocycles. The Morgan fingerprint density at radius 2 is 2.12 bits per heavy atom. The molecular formula is C19H28N4O3. The van der Waals surface area contributed by atoms with Crippen molar-refractivity contribution < 1.29 is 9.90 Å². The third-order valence-electron chi connectivity index (χ3n) is 5.18. The lowest BCUT2D eigenvalue weighted by atomic mass is 9.70. The van der Waals surface area contributed by atoms with Crippen molar-refractivity contribution in [3.05, 3.63) is 28.2 Å². The molecule has 0 bridgehead atoms. The van der Waals surface area contributed by atoms with Gasteiger partial charge in [-0.15, -0.1) is 5.10 Å². The van der Waals surface area contributed by atoms with E-state index in [1.807, 2.05) is 45.1 Å². The van der Waals surface area contributed by atoms with Gasteiger partial charge in [0.25, 0.3) is 5.56 Å². The lowest BCUT2D eigenvalue weighted by molar-refractivity contribution is -0.121. The van der Waals surface area contributed by atoms with Gasteiger partial charge >= 0.3 is 0 Å². The van der Waals surface area contributed by atoms with Crippen LogP contribution in [0.1, 0.15) is 45.1 Å². The molecule has 0 unspecified atom stereocenters. The second-order valence-electron chi connectivity index (χ2n) is 7.96. The Balaban J connectivity index is 1.77. The van der Waals surface area contributed by atoms with Crippen LogP contribution >= 0.6 is 0 Å². The fourth-order valence-electron chi connectivity index (χ4n) is 3.79. The highest BCUT2D eigenvalue weighted by molar-refractivity contribution is 5.78. The first-order chi connectivity index (χ1) is 12.2. The molecule has 0 radical (unpaired) electrons. The normalized spacial score (nSPS) is 22.4. The number of aliphatic hydroxyl groups is 1. The molecule has 142 valence electrons. The smallest absolute Gasteiger partial charge is 0.291 e. The van der Waals surface area contributed by atoms with E-state index in [-0.39, 0.29) is 17.9 Å². The number of aryl methyl sites for hydroxylation is 1. The highest BCUT2D eigenvalue weighted by Gasteiger charge is 2.37. The van der Waals surface area contributed by atoms with Crippen molar-refractivity contribution in [2.45, 2.75) is 58.1 Å². The van der Waals surface area contributed by atoms with E-state index in [1.165, 1.54) is 4.68 Å². The van der Waals surface area contributed by atoms with Gasteiger partial charge in [0.2, 0.25) is 5.95 Å². The van der Waals surface area contributed by atoms with E-state index < -0.39 is 5.60 Å². The molecule has 3 rings (SSSR count). The number of anilines is 1. The topological polar surface area (TPSA) is 79.8 Å². The Labute approximate surface area is 153 Å². The van der Waals surface area contributed by atoms with Gasteiger partial charge in [-0.2, -0.15) is 0 Å². The van der Waals surface area contributed by atoms with Gasteiger partial charge in [-0.05, 0) is 50.2 Å². The van der Waals surface area contributed by atoms with Crippen molar-refractivity contribution in [1.82, 2.24) is 14.2 Å². The third kappa shape index (κ3) is 3.67. The van der Waals surface area contributed by atoms with Crippen molar-refractivity contribution in [2.24, 2.45) is 5.92 Å². The zero-order valence-electron chi connectivity index (χ0n) is 16.0. The van der Waals surface area contributed by atoms with Crippen LogP contribution in [0.2, 0.25) is 0 Å². The number of Topliss-reactive ketones (excluding diaryl/α,β-unsaturated/α-hetero) is 1. The summed E-state index contributed by atoms with van der Waals surface area (Å²) in [5.41, 5.74) is 0.802. The van der Waals surface area contributed by atoms with Crippen molar-refractivity contribution >= 4 is 17.2 Å². The van der Waals surface area contributed by atoms with Gasteiger partial charge in [0.05, 0.1) is 5.60 Å². The molecule has 1 saturated carbocycles. The molecule has 1 aliphatic rings. The number of nitrogens with zero attached hydrogens (tertiary/aromatic N) is 4. The van der Waals surface area contributed by atoms with E-state index in [2.05, 4.69) is 5.10 Å². The maximum Gasteiger partial charge on any atom is 0.291 e. The molecule has 7 nitrogen and oxygen atoms in total. The van der Waals surface area contributed by atoms with Gasteiger partial charge in [0.1, 0.15) is 12.1 Å². The molecule has 0 amide bonds. The first-order valence-corrected chi connectivity index (χ1v) is 9.23. The van der Waals surface area contributed by atoms with Crippen LogP contribution < -0.4 is 10.5 Å². The number of ketones is 1. The predicted octanol–water partition coefficient (Wildman–Crippen LogP) is 1.63. The fourth-order valence-corrected chi connectivity index (χ4v) is 3.79. The summed E-state index contributed by atoms with van der Waals surface area (Å²) in [5, 5.41) is 14.2. The lowest BCUT2D eigenvalue weighted by Gasteiger charge is -2.41. The number of fused-ring (bicyclic) bond motifs is 1. The Morgan fingerprint density at radius 3 is 2.69 bits per heavy atom. The van der Waals surface area contributed by atoms with Crippen LogP contribution in [0, 0.1) is 5.92 Å². The zero-order chi connectivity index (χ0) is 19.1. The highest BCUT2D eigenvalue weighted by atomic mass is 16.3. The molecule has 1 N–H and O–H groups in total. The number of carbonyl (C=O) groups excluding carboxylic acids is 1. The minimum absolute atomic E-state index is 0.00229. The Hall–Kier alpha value is -2.15. The summed E-state index contributed by atoms with van der Waals surface area (Å²) in [5.74, 6) is 1.03. The summed E-state index contributed by atoms with van der Waals surface area (Å²) in [6.45, 7) is 3.86. The fraction of sp³-hybridized carbons (Fsp3) is 0.632. The molecule has 0 spiro atoms. The molecule has 2 aromatic heterocycles. The SMILES string of the molecule is CCc1cc2c(=O)n(CC(=O)CC[C@H]3C[C@@](C)(O)C3)nc(N(C)C)n2c1. The second-order valence-corrected chi connectivity index (χ2v) is 7.96. The van der Waals surface area contributed by atoms with Crippen molar-refractivity contribution in [2.75, 3.05) is 19.0 Å². The summed E-state index contributed by atoms with van der Waals surface area (Å²) in [6, 6.07) is 1.87. The van der Waals surface area contributed by atoms with Gasteiger partial charge < -0.3 is 10.0 Å². The van der Waals surface area contributed by atoms with Crippen molar-refractivity contribution in [1.29, 1.82) is 0 Å². The average Bonchev–Trinajstić information content (AvgIpc) is 2.97. The number of aromatic nitrogens is 3. The molecule has 7 heteroatoms. The van der Waals surface area contributed by atoms with E-state index in [1.54, 1.807) is 4.40 Å². The van der Waals surface area contributed by atoms with Crippen molar-refractivity contribution in [3.8, 4) is 0 Å². The molecule has 2 heterocycles.